The van der Waals surface area contributed by atoms with Gasteiger partial charge in [0.1, 0.15) is 0 Å². The third-order valence-electron chi connectivity index (χ3n) is 1.37. The molecule has 2 nitrogen and oxygen atoms in total. The lowest BCUT2D eigenvalue weighted by Crippen LogP contribution is -1.75. The average Bonchev–Trinajstić information content (AvgIpc) is 2.49. The molecule has 0 aromatic carbocycles. The molecule has 3 heteroatoms. The molecule has 1 fully saturated rings. The van der Waals surface area contributed by atoms with Crippen LogP contribution in [0.2, 0.25) is 0 Å². The van der Waals surface area contributed by atoms with Crippen LogP contribution in [0, 0.1) is 0 Å². The maximum Gasteiger partial charge on any atom is 0.0786 e. The van der Waals surface area contributed by atoms with E-state index in [4.69, 9.17) is 0 Å². The fourth-order valence-electron chi connectivity index (χ4n) is 0.729. The Morgan fingerprint density at radius 3 is 3.00 bits per heavy atom. The Morgan fingerprint density at radius 2 is 2.50 bits per heavy atom. The minimum atomic E-state index is 0.772. The Kier molecular flexibility index (Phi) is 0.842. The Bertz CT molecular complexity index is 167. The van der Waals surface area contributed by atoms with Gasteiger partial charge >= 0.3 is 0 Å². The highest BCUT2D eigenvalue weighted by Gasteiger charge is 2.25. The van der Waals surface area contributed by atoms with Crippen molar-refractivity contribution in [3.63, 3.8) is 0 Å². The Balaban J connectivity index is 2.28. The summed E-state index contributed by atoms with van der Waals surface area (Å²) in [5.41, 5.74) is 1.20. The van der Waals surface area contributed by atoms with Gasteiger partial charge in [-0.3, -0.25) is 0 Å². The summed E-state index contributed by atoms with van der Waals surface area (Å²) in [4.78, 5) is 0. The molecule has 1 aromatic heterocycles. The molecule has 0 radical (unpaired) electrons. The van der Waals surface area contributed by atoms with Crippen molar-refractivity contribution in [2.45, 2.75) is 18.8 Å². The highest BCUT2D eigenvalue weighted by atomic mass is 32.1. The molecule has 1 aliphatic carbocycles. The zero-order chi connectivity index (χ0) is 5.40. The van der Waals surface area contributed by atoms with Crippen LogP contribution in [0.15, 0.2) is 5.38 Å². The Labute approximate surface area is 51.7 Å². The van der Waals surface area contributed by atoms with Crippen LogP contribution in [0.3, 0.4) is 0 Å². The van der Waals surface area contributed by atoms with Crippen molar-refractivity contribution in [1.29, 1.82) is 0 Å². The van der Waals surface area contributed by atoms with Crippen molar-refractivity contribution in [1.82, 2.24) is 9.59 Å². The minimum absolute atomic E-state index is 0.772. The Morgan fingerprint density at radius 1 is 1.62 bits per heavy atom. The summed E-state index contributed by atoms with van der Waals surface area (Å²) in [5.74, 6) is 0.772. The first-order chi connectivity index (χ1) is 3.97. The number of rotatable bonds is 1. The van der Waals surface area contributed by atoms with Gasteiger partial charge in [-0.15, -0.1) is 5.10 Å². The molecule has 2 rings (SSSR count). The van der Waals surface area contributed by atoms with Crippen molar-refractivity contribution < 1.29 is 0 Å². The first kappa shape index (κ1) is 4.44. The predicted molar refractivity (Wildman–Crippen MR) is 31.9 cm³/mol. The molecule has 0 saturated heterocycles. The van der Waals surface area contributed by atoms with Crippen molar-refractivity contribution in [3.8, 4) is 0 Å². The molecular weight excluding hydrogens is 120 g/mol. The smallest absolute Gasteiger partial charge is 0.0786 e. The molecule has 0 spiro atoms. The minimum Gasteiger partial charge on any atom is -0.143 e. The molecule has 0 atom stereocenters. The summed E-state index contributed by atoms with van der Waals surface area (Å²) < 4.78 is 3.78. The standard InChI is InChI=1S/C5H6N2S/c1-2-4(1)5-3-8-7-6-5/h3-4H,1-2H2. The highest BCUT2D eigenvalue weighted by molar-refractivity contribution is 7.03. The number of nitrogens with zero attached hydrogens (tertiary/aromatic N) is 2. The van der Waals surface area contributed by atoms with Gasteiger partial charge in [-0.1, -0.05) is 4.49 Å². The summed E-state index contributed by atoms with van der Waals surface area (Å²) >= 11 is 1.45. The van der Waals surface area contributed by atoms with E-state index in [1.54, 1.807) is 0 Å². The number of aromatic nitrogens is 2. The molecule has 1 aromatic rings. The second-order valence-corrected chi connectivity index (χ2v) is 2.71. The van der Waals surface area contributed by atoms with Crippen molar-refractivity contribution in [2.24, 2.45) is 0 Å². The van der Waals surface area contributed by atoms with Crippen molar-refractivity contribution in [3.05, 3.63) is 11.1 Å². The van der Waals surface area contributed by atoms with Crippen LogP contribution < -0.4 is 0 Å². The van der Waals surface area contributed by atoms with E-state index in [-0.39, 0.29) is 0 Å². The predicted octanol–water partition coefficient (Wildman–Crippen LogP) is 1.42. The van der Waals surface area contributed by atoms with Gasteiger partial charge in [0, 0.05) is 11.3 Å². The zero-order valence-electron chi connectivity index (χ0n) is 4.37. The van der Waals surface area contributed by atoms with E-state index < -0.39 is 0 Å². The summed E-state index contributed by atoms with van der Waals surface area (Å²) in [6, 6.07) is 0. The third-order valence-corrected chi connectivity index (χ3v) is 1.90. The van der Waals surface area contributed by atoms with Gasteiger partial charge in [-0.2, -0.15) is 0 Å². The van der Waals surface area contributed by atoms with Gasteiger partial charge in [-0.05, 0) is 24.4 Å². The maximum atomic E-state index is 3.95. The van der Waals surface area contributed by atoms with Crippen LogP contribution in [0.4, 0.5) is 0 Å². The molecule has 1 heterocycles. The fourth-order valence-corrected chi connectivity index (χ4v) is 1.26. The van der Waals surface area contributed by atoms with Gasteiger partial charge in [0.05, 0.1) is 5.69 Å². The van der Waals surface area contributed by atoms with Crippen molar-refractivity contribution >= 4 is 11.5 Å². The van der Waals surface area contributed by atoms with Gasteiger partial charge in [-0.25, -0.2) is 0 Å². The molecule has 0 aliphatic heterocycles. The molecule has 0 amide bonds. The number of hydrogen-bond donors (Lipinski definition) is 0. The SMILES string of the molecule is c1snnc1C1CC1. The maximum absolute atomic E-state index is 3.95. The average molecular weight is 126 g/mol. The van der Waals surface area contributed by atoms with Crippen LogP contribution in [-0.2, 0) is 0 Å². The first-order valence-corrected chi connectivity index (χ1v) is 3.57. The zero-order valence-corrected chi connectivity index (χ0v) is 5.19. The molecule has 0 unspecified atom stereocenters. The summed E-state index contributed by atoms with van der Waals surface area (Å²) in [6.07, 6.45) is 2.65. The van der Waals surface area contributed by atoms with E-state index in [0.717, 1.165) is 5.92 Å². The van der Waals surface area contributed by atoms with Gasteiger partial charge in [0.2, 0.25) is 0 Å². The van der Waals surface area contributed by atoms with E-state index >= 15 is 0 Å². The lowest BCUT2D eigenvalue weighted by molar-refractivity contribution is 0.980. The largest absolute Gasteiger partial charge is 0.143 e. The van der Waals surface area contributed by atoms with E-state index in [9.17, 15) is 0 Å². The van der Waals surface area contributed by atoms with Gasteiger partial charge < -0.3 is 0 Å². The van der Waals surface area contributed by atoms with Crippen LogP contribution >= 0.6 is 11.5 Å². The summed E-state index contributed by atoms with van der Waals surface area (Å²) in [5, 5.41) is 5.99. The van der Waals surface area contributed by atoms with E-state index in [1.807, 2.05) is 5.38 Å². The number of hydrogen-bond acceptors (Lipinski definition) is 3. The second kappa shape index (κ2) is 1.52. The molecule has 42 valence electrons. The third kappa shape index (κ3) is 0.629. The topological polar surface area (TPSA) is 25.8 Å². The molecule has 1 aliphatic rings. The quantitative estimate of drug-likeness (QED) is 0.568. The molecular formula is C5H6N2S. The lowest BCUT2D eigenvalue weighted by Gasteiger charge is -1.78. The summed E-state index contributed by atoms with van der Waals surface area (Å²) in [7, 11) is 0. The van der Waals surface area contributed by atoms with Crippen molar-refractivity contribution in [2.75, 3.05) is 0 Å². The van der Waals surface area contributed by atoms with E-state index in [2.05, 4.69) is 9.59 Å². The van der Waals surface area contributed by atoms with Crippen LogP contribution in [-0.4, -0.2) is 9.59 Å². The highest BCUT2D eigenvalue weighted by Crippen LogP contribution is 2.38. The van der Waals surface area contributed by atoms with Crippen LogP contribution in [0.1, 0.15) is 24.5 Å². The summed E-state index contributed by atoms with van der Waals surface area (Å²) in [6.45, 7) is 0. The van der Waals surface area contributed by atoms with Gasteiger partial charge in [0.15, 0.2) is 0 Å². The van der Waals surface area contributed by atoms with Crippen LogP contribution in [0.25, 0.3) is 0 Å². The second-order valence-electron chi connectivity index (χ2n) is 2.10. The van der Waals surface area contributed by atoms with E-state index in [1.165, 1.54) is 30.1 Å². The monoisotopic (exact) mass is 126 g/mol. The molecule has 8 heavy (non-hydrogen) atoms. The van der Waals surface area contributed by atoms with E-state index in [0.29, 0.717) is 0 Å². The molecule has 1 saturated carbocycles. The fraction of sp³-hybridized carbons (Fsp3) is 0.600. The molecule has 0 bridgehead atoms. The lowest BCUT2D eigenvalue weighted by atomic mass is 10.3. The first-order valence-electron chi connectivity index (χ1n) is 2.74. The van der Waals surface area contributed by atoms with Crippen LogP contribution in [0.5, 0.6) is 0 Å². The molecule has 0 N–H and O–H groups in total. The Hall–Kier alpha value is -0.440. The normalized spacial score (nSPS) is 19.0. The van der Waals surface area contributed by atoms with Gasteiger partial charge in [0.25, 0.3) is 0 Å².